The molecule has 3 atom stereocenters. The number of nitrogens with one attached hydrogen (secondary N) is 2. The van der Waals surface area contributed by atoms with Gasteiger partial charge in [-0.25, -0.2) is 0 Å². The summed E-state index contributed by atoms with van der Waals surface area (Å²) in [5.41, 5.74) is 2.33. The molecule has 2 aliphatic heterocycles. The van der Waals surface area contributed by atoms with Gasteiger partial charge in [-0.1, -0.05) is 48.5 Å². The zero-order valence-electron chi connectivity index (χ0n) is 17.5. The van der Waals surface area contributed by atoms with E-state index < -0.39 is 16.8 Å². The monoisotopic (exact) mass is 435 g/mol. The SMILES string of the molecule is CC1(C)SC2c3ccccc3C(=O)N2C1C(=O)NC(C(=O)NC1CC1)c1ccccc1. The minimum atomic E-state index is -0.797. The summed E-state index contributed by atoms with van der Waals surface area (Å²) >= 11 is 1.62. The number of benzene rings is 2. The highest BCUT2D eigenvalue weighted by Gasteiger charge is 2.57. The Morgan fingerprint density at radius 3 is 2.45 bits per heavy atom. The van der Waals surface area contributed by atoms with Gasteiger partial charge in [0.2, 0.25) is 11.8 Å². The predicted molar refractivity (Wildman–Crippen MR) is 119 cm³/mol. The number of hydrogen-bond acceptors (Lipinski definition) is 4. The molecule has 2 N–H and O–H groups in total. The lowest BCUT2D eigenvalue weighted by Crippen LogP contribution is -2.54. The van der Waals surface area contributed by atoms with Crippen LogP contribution in [0.3, 0.4) is 0 Å². The second-order valence-electron chi connectivity index (χ2n) is 8.91. The standard InChI is InChI=1S/C24H25N3O3S/c1-24(2)19(27-22(30)16-10-6-7-11-17(16)23(27)31-24)21(29)26-18(14-8-4-3-5-9-14)20(28)25-15-12-13-15/h3-11,15,18-19,23H,12-13H2,1-2H3,(H,25,28)(H,26,29). The first-order chi connectivity index (χ1) is 14.9. The molecule has 2 aromatic carbocycles. The molecule has 0 radical (unpaired) electrons. The van der Waals surface area contributed by atoms with E-state index in [0.29, 0.717) is 5.56 Å². The molecule has 3 amide bonds. The number of nitrogens with zero attached hydrogens (tertiary/aromatic N) is 1. The van der Waals surface area contributed by atoms with E-state index in [9.17, 15) is 14.4 Å². The highest BCUT2D eigenvalue weighted by molar-refractivity contribution is 8.01. The molecule has 0 spiro atoms. The lowest BCUT2D eigenvalue weighted by atomic mass is 9.99. The minimum Gasteiger partial charge on any atom is -0.351 e. The first-order valence-electron chi connectivity index (χ1n) is 10.6. The Hall–Kier alpha value is -2.80. The van der Waals surface area contributed by atoms with Crippen LogP contribution in [0.2, 0.25) is 0 Å². The maximum Gasteiger partial charge on any atom is 0.256 e. The van der Waals surface area contributed by atoms with Crippen LogP contribution in [0, 0.1) is 0 Å². The Kier molecular flexibility index (Phi) is 4.81. The average Bonchev–Trinajstić information content (AvgIpc) is 3.47. The van der Waals surface area contributed by atoms with Gasteiger partial charge >= 0.3 is 0 Å². The third-order valence-corrected chi connectivity index (χ3v) is 7.69. The third kappa shape index (κ3) is 3.51. The summed E-state index contributed by atoms with van der Waals surface area (Å²) in [5, 5.41) is 5.77. The van der Waals surface area contributed by atoms with E-state index in [0.717, 1.165) is 24.0 Å². The van der Waals surface area contributed by atoms with Crippen molar-refractivity contribution in [3.8, 4) is 0 Å². The van der Waals surface area contributed by atoms with Crippen LogP contribution in [0.1, 0.15) is 59.6 Å². The maximum atomic E-state index is 13.6. The molecule has 7 heteroatoms. The Morgan fingerprint density at radius 2 is 1.74 bits per heavy atom. The maximum absolute atomic E-state index is 13.6. The lowest BCUT2D eigenvalue weighted by Gasteiger charge is -2.31. The van der Waals surface area contributed by atoms with Crippen molar-refractivity contribution < 1.29 is 14.4 Å². The van der Waals surface area contributed by atoms with Gasteiger partial charge in [0.1, 0.15) is 17.5 Å². The van der Waals surface area contributed by atoms with Crippen molar-refractivity contribution in [2.24, 2.45) is 0 Å². The topological polar surface area (TPSA) is 78.5 Å². The molecule has 1 saturated heterocycles. The number of fused-ring (bicyclic) bond motifs is 3. The number of rotatable bonds is 5. The van der Waals surface area contributed by atoms with Crippen LogP contribution in [0.15, 0.2) is 54.6 Å². The highest BCUT2D eigenvalue weighted by Crippen LogP contribution is 2.56. The van der Waals surface area contributed by atoms with Crippen molar-refractivity contribution in [2.45, 2.75) is 54.9 Å². The summed E-state index contributed by atoms with van der Waals surface area (Å²) < 4.78 is -0.494. The Labute approximate surface area is 185 Å². The fourth-order valence-corrected chi connectivity index (χ4v) is 6.07. The number of carbonyl (C=O) groups excluding carboxylic acids is 3. The van der Waals surface area contributed by atoms with Crippen molar-refractivity contribution in [3.05, 3.63) is 71.3 Å². The van der Waals surface area contributed by atoms with Gasteiger partial charge in [-0.05, 0) is 43.9 Å². The first-order valence-corrected chi connectivity index (χ1v) is 11.5. The Balaban J connectivity index is 1.44. The minimum absolute atomic E-state index is 0.127. The molecule has 0 aromatic heterocycles. The van der Waals surface area contributed by atoms with Crippen LogP contribution in [-0.2, 0) is 9.59 Å². The molecule has 160 valence electrons. The van der Waals surface area contributed by atoms with E-state index in [-0.39, 0.29) is 29.1 Å². The van der Waals surface area contributed by atoms with E-state index in [4.69, 9.17) is 0 Å². The molecule has 3 unspecified atom stereocenters. The summed E-state index contributed by atoms with van der Waals surface area (Å²) in [5.74, 6) is -0.642. The van der Waals surface area contributed by atoms with E-state index in [1.165, 1.54) is 0 Å². The highest BCUT2D eigenvalue weighted by atomic mass is 32.2. The summed E-state index contributed by atoms with van der Waals surface area (Å²) in [6, 6.07) is 15.5. The van der Waals surface area contributed by atoms with Gasteiger partial charge in [0, 0.05) is 16.4 Å². The fourth-order valence-electron chi connectivity index (χ4n) is 4.48. The number of amides is 3. The van der Waals surface area contributed by atoms with Crippen molar-refractivity contribution in [1.29, 1.82) is 0 Å². The molecule has 31 heavy (non-hydrogen) atoms. The molecular formula is C24H25N3O3S. The molecule has 1 aliphatic carbocycles. The zero-order valence-corrected chi connectivity index (χ0v) is 18.3. The van der Waals surface area contributed by atoms with Crippen molar-refractivity contribution in [1.82, 2.24) is 15.5 Å². The van der Waals surface area contributed by atoms with Gasteiger partial charge in [0.25, 0.3) is 5.91 Å². The number of hydrogen-bond donors (Lipinski definition) is 2. The van der Waals surface area contributed by atoms with Gasteiger partial charge < -0.3 is 15.5 Å². The lowest BCUT2D eigenvalue weighted by molar-refractivity contribution is -0.132. The Morgan fingerprint density at radius 1 is 1.06 bits per heavy atom. The summed E-state index contributed by atoms with van der Waals surface area (Å²) in [6.45, 7) is 3.97. The molecular weight excluding hydrogens is 410 g/mol. The van der Waals surface area contributed by atoms with Crippen LogP contribution < -0.4 is 10.6 Å². The number of thioether (sulfide) groups is 1. The van der Waals surface area contributed by atoms with E-state index in [1.807, 2.05) is 68.4 Å². The summed E-state index contributed by atoms with van der Waals surface area (Å²) in [7, 11) is 0. The van der Waals surface area contributed by atoms with Crippen LogP contribution in [0.5, 0.6) is 0 Å². The van der Waals surface area contributed by atoms with E-state index >= 15 is 0 Å². The quantitative estimate of drug-likeness (QED) is 0.756. The molecule has 2 fully saturated rings. The van der Waals surface area contributed by atoms with Crippen molar-refractivity contribution >= 4 is 29.5 Å². The molecule has 2 heterocycles. The van der Waals surface area contributed by atoms with Crippen LogP contribution in [0.4, 0.5) is 0 Å². The van der Waals surface area contributed by atoms with Gasteiger partial charge in [-0.3, -0.25) is 14.4 Å². The van der Waals surface area contributed by atoms with Gasteiger partial charge in [-0.2, -0.15) is 0 Å². The van der Waals surface area contributed by atoms with Gasteiger partial charge in [0.05, 0.1) is 0 Å². The molecule has 5 rings (SSSR count). The van der Waals surface area contributed by atoms with Gasteiger partial charge in [-0.15, -0.1) is 11.8 Å². The smallest absolute Gasteiger partial charge is 0.256 e. The van der Waals surface area contributed by atoms with Gasteiger partial charge in [0.15, 0.2) is 0 Å². The van der Waals surface area contributed by atoms with Crippen molar-refractivity contribution in [2.75, 3.05) is 0 Å². The number of carbonyl (C=O) groups is 3. The van der Waals surface area contributed by atoms with E-state index in [1.54, 1.807) is 16.7 Å². The molecule has 0 bridgehead atoms. The third-order valence-electron chi connectivity index (χ3n) is 6.15. The van der Waals surface area contributed by atoms with E-state index in [2.05, 4.69) is 10.6 Å². The predicted octanol–water partition coefficient (Wildman–Crippen LogP) is 3.17. The van der Waals surface area contributed by atoms with Crippen LogP contribution >= 0.6 is 11.8 Å². The molecule has 6 nitrogen and oxygen atoms in total. The molecule has 1 saturated carbocycles. The average molecular weight is 436 g/mol. The van der Waals surface area contributed by atoms with Crippen LogP contribution in [0.25, 0.3) is 0 Å². The second kappa shape index (κ2) is 7.41. The van der Waals surface area contributed by atoms with Crippen molar-refractivity contribution in [3.63, 3.8) is 0 Å². The largest absolute Gasteiger partial charge is 0.351 e. The summed E-state index contributed by atoms with van der Waals surface area (Å²) in [6.07, 6.45) is 1.94. The molecule has 3 aliphatic rings. The normalized spacial score (nSPS) is 24.3. The first kappa shape index (κ1) is 20.1. The summed E-state index contributed by atoms with van der Waals surface area (Å²) in [4.78, 5) is 41.4. The zero-order chi connectivity index (χ0) is 21.8. The fraction of sp³-hybridized carbons (Fsp3) is 0.375. The van der Waals surface area contributed by atoms with Crippen LogP contribution in [-0.4, -0.2) is 39.5 Å². The Bertz CT molecular complexity index is 1050. The molecule has 2 aromatic rings. The second-order valence-corrected chi connectivity index (χ2v) is 10.6.